The second kappa shape index (κ2) is 6.29. The molecule has 0 aliphatic rings. The van der Waals surface area contributed by atoms with Gasteiger partial charge in [0.15, 0.2) is 0 Å². The topological polar surface area (TPSA) is 26.0 Å². The van der Waals surface area contributed by atoms with Gasteiger partial charge in [-0.1, -0.05) is 54.8 Å². The fourth-order valence-electron chi connectivity index (χ4n) is 1.89. The standard InChI is InChI=1S/C13H20BrN/c1-3-4-10(2)9-13(15)11-5-7-12(14)8-6-11/h5-8,10,13H,3-4,9,15H2,1-2H3. The number of halogens is 1. The largest absolute Gasteiger partial charge is 0.324 e. The summed E-state index contributed by atoms with van der Waals surface area (Å²) in [6.07, 6.45) is 3.59. The molecule has 0 spiro atoms. The third-order valence-electron chi connectivity index (χ3n) is 2.74. The summed E-state index contributed by atoms with van der Waals surface area (Å²) >= 11 is 3.43. The maximum Gasteiger partial charge on any atom is 0.0297 e. The highest BCUT2D eigenvalue weighted by atomic mass is 79.9. The van der Waals surface area contributed by atoms with Crippen LogP contribution in [-0.2, 0) is 0 Å². The van der Waals surface area contributed by atoms with E-state index in [-0.39, 0.29) is 6.04 Å². The maximum atomic E-state index is 6.16. The summed E-state index contributed by atoms with van der Waals surface area (Å²) in [6, 6.07) is 8.50. The van der Waals surface area contributed by atoms with Crippen LogP contribution in [0.15, 0.2) is 28.7 Å². The van der Waals surface area contributed by atoms with E-state index in [0.717, 1.165) is 10.9 Å². The fourth-order valence-corrected chi connectivity index (χ4v) is 2.15. The minimum Gasteiger partial charge on any atom is -0.324 e. The highest BCUT2D eigenvalue weighted by Gasteiger charge is 2.10. The molecule has 0 saturated heterocycles. The van der Waals surface area contributed by atoms with Gasteiger partial charge in [-0.05, 0) is 30.0 Å². The van der Waals surface area contributed by atoms with Crippen molar-refractivity contribution >= 4 is 15.9 Å². The monoisotopic (exact) mass is 269 g/mol. The van der Waals surface area contributed by atoms with Crippen molar-refractivity contribution in [2.75, 3.05) is 0 Å². The lowest BCUT2D eigenvalue weighted by Crippen LogP contribution is -2.13. The Morgan fingerprint density at radius 1 is 1.27 bits per heavy atom. The highest BCUT2D eigenvalue weighted by molar-refractivity contribution is 9.10. The van der Waals surface area contributed by atoms with Crippen molar-refractivity contribution in [3.8, 4) is 0 Å². The predicted molar refractivity (Wildman–Crippen MR) is 69.8 cm³/mol. The Kier molecular flexibility index (Phi) is 5.34. The van der Waals surface area contributed by atoms with Crippen LogP contribution < -0.4 is 5.73 Å². The van der Waals surface area contributed by atoms with E-state index in [1.165, 1.54) is 18.4 Å². The number of rotatable bonds is 5. The van der Waals surface area contributed by atoms with Crippen molar-refractivity contribution in [3.63, 3.8) is 0 Å². The molecule has 1 aromatic rings. The van der Waals surface area contributed by atoms with Crippen molar-refractivity contribution in [1.29, 1.82) is 0 Å². The molecule has 0 aliphatic heterocycles. The van der Waals surface area contributed by atoms with E-state index in [0.29, 0.717) is 5.92 Å². The molecule has 0 aromatic heterocycles. The van der Waals surface area contributed by atoms with Gasteiger partial charge in [0.1, 0.15) is 0 Å². The van der Waals surface area contributed by atoms with E-state index in [4.69, 9.17) is 5.73 Å². The minimum atomic E-state index is 0.180. The summed E-state index contributed by atoms with van der Waals surface area (Å²) in [6.45, 7) is 4.50. The maximum absolute atomic E-state index is 6.16. The molecule has 0 fully saturated rings. The van der Waals surface area contributed by atoms with Gasteiger partial charge in [-0.25, -0.2) is 0 Å². The molecule has 2 unspecified atom stereocenters. The van der Waals surface area contributed by atoms with Gasteiger partial charge in [-0.15, -0.1) is 0 Å². The lowest BCUT2D eigenvalue weighted by molar-refractivity contribution is 0.440. The van der Waals surface area contributed by atoms with Crippen molar-refractivity contribution in [2.45, 2.75) is 39.2 Å². The van der Waals surface area contributed by atoms with Gasteiger partial charge in [-0.3, -0.25) is 0 Å². The molecular formula is C13H20BrN. The predicted octanol–water partition coefficient (Wildman–Crippen LogP) is 4.28. The quantitative estimate of drug-likeness (QED) is 0.849. The van der Waals surface area contributed by atoms with Gasteiger partial charge in [0.2, 0.25) is 0 Å². The van der Waals surface area contributed by atoms with E-state index >= 15 is 0 Å². The molecular weight excluding hydrogens is 250 g/mol. The van der Waals surface area contributed by atoms with Crippen LogP contribution >= 0.6 is 15.9 Å². The fraction of sp³-hybridized carbons (Fsp3) is 0.538. The molecule has 0 aliphatic carbocycles. The van der Waals surface area contributed by atoms with E-state index in [9.17, 15) is 0 Å². The molecule has 15 heavy (non-hydrogen) atoms. The first-order chi connectivity index (χ1) is 7.13. The van der Waals surface area contributed by atoms with Crippen LogP contribution in [0.5, 0.6) is 0 Å². The number of benzene rings is 1. The smallest absolute Gasteiger partial charge is 0.0297 e. The summed E-state index contributed by atoms with van der Waals surface area (Å²) < 4.78 is 1.11. The second-order valence-corrected chi connectivity index (χ2v) is 5.20. The van der Waals surface area contributed by atoms with Gasteiger partial charge in [0.05, 0.1) is 0 Å². The molecule has 1 rings (SSSR count). The SMILES string of the molecule is CCCC(C)CC(N)c1ccc(Br)cc1. The van der Waals surface area contributed by atoms with Crippen LogP contribution in [0.1, 0.15) is 44.7 Å². The van der Waals surface area contributed by atoms with E-state index in [1.807, 2.05) is 0 Å². The van der Waals surface area contributed by atoms with Crippen LogP contribution in [0.25, 0.3) is 0 Å². The molecule has 0 heterocycles. The van der Waals surface area contributed by atoms with Crippen LogP contribution in [0.2, 0.25) is 0 Å². The van der Waals surface area contributed by atoms with Gasteiger partial charge in [-0.2, -0.15) is 0 Å². The van der Waals surface area contributed by atoms with Gasteiger partial charge >= 0.3 is 0 Å². The Bertz CT molecular complexity index is 281. The zero-order valence-electron chi connectivity index (χ0n) is 9.54. The molecule has 1 aromatic carbocycles. The number of nitrogens with two attached hydrogens (primary N) is 1. The summed E-state index contributed by atoms with van der Waals surface area (Å²) in [5, 5.41) is 0. The van der Waals surface area contributed by atoms with Crippen LogP contribution in [-0.4, -0.2) is 0 Å². The summed E-state index contributed by atoms with van der Waals surface area (Å²) in [4.78, 5) is 0. The summed E-state index contributed by atoms with van der Waals surface area (Å²) in [5.41, 5.74) is 7.40. The van der Waals surface area contributed by atoms with E-state index in [2.05, 4.69) is 54.0 Å². The first-order valence-corrected chi connectivity index (χ1v) is 6.43. The third kappa shape index (κ3) is 4.35. The molecule has 0 amide bonds. The Morgan fingerprint density at radius 3 is 2.40 bits per heavy atom. The molecule has 84 valence electrons. The Labute approximate surface area is 101 Å². The van der Waals surface area contributed by atoms with Gasteiger partial charge < -0.3 is 5.73 Å². The zero-order chi connectivity index (χ0) is 11.3. The molecule has 0 saturated carbocycles. The summed E-state index contributed by atoms with van der Waals surface area (Å²) in [5.74, 6) is 0.716. The van der Waals surface area contributed by atoms with Gasteiger partial charge in [0, 0.05) is 10.5 Å². The van der Waals surface area contributed by atoms with Crippen molar-refractivity contribution in [2.24, 2.45) is 11.7 Å². The Balaban J connectivity index is 2.53. The molecule has 0 radical (unpaired) electrons. The number of hydrogen-bond acceptors (Lipinski definition) is 1. The molecule has 2 heteroatoms. The zero-order valence-corrected chi connectivity index (χ0v) is 11.1. The molecule has 0 bridgehead atoms. The first kappa shape index (κ1) is 12.7. The van der Waals surface area contributed by atoms with Crippen molar-refractivity contribution in [3.05, 3.63) is 34.3 Å². The minimum absolute atomic E-state index is 0.180. The van der Waals surface area contributed by atoms with E-state index in [1.54, 1.807) is 0 Å². The first-order valence-electron chi connectivity index (χ1n) is 5.64. The summed E-state index contributed by atoms with van der Waals surface area (Å²) in [7, 11) is 0. The van der Waals surface area contributed by atoms with E-state index < -0.39 is 0 Å². The van der Waals surface area contributed by atoms with Crippen molar-refractivity contribution < 1.29 is 0 Å². The molecule has 2 N–H and O–H groups in total. The Hall–Kier alpha value is -0.340. The normalized spacial score (nSPS) is 14.9. The average Bonchev–Trinajstić information content (AvgIpc) is 2.18. The third-order valence-corrected chi connectivity index (χ3v) is 3.26. The van der Waals surface area contributed by atoms with Crippen LogP contribution in [0.3, 0.4) is 0 Å². The lowest BCUT2D eigenvalue weighted by Gasteiger charge is -2.17. The van der Waals surface area contributed by atoms with Crippen LogP contribution in [0.4, 0.5) is 0 Å². The average molecular weight is 270 g/mol. The van der Waals surface area contributed by atoms with Crippen LogP contribution in [0, 0.1) is 5.92 Å². The van der Waals surface area contributed by atoms with Crippen molar-refractivity contribution in [1.82, 2.24) is 0 Å². The highest BCUT2D eigenvalue weighted by Crippen LogP contribution is 2.22. The second-order valence-electron chi connectivity index (χ2n) is 4.29. The van der Waals surface area contributed by atoms with Gasteiger partial charge in [0.25, 0.3) is 0 Å². The molecule has 2 atom stereocenters. The number of hydrogen-bond donors (Lipinski definition) is 1. The molecule has 1 nitrogen and oxygen atoms in total. The lowest BCUT2D eigenvalue weighted by atomic mass is 9.94. The Morgan fingerprint density at radius 2 is 1.87 bits per heavy atom.